The molecule has 1 aromatic heterocycles. The third-order valence-electron chi connectivity index (χ3n) is 3.77. The predicted octanol–water partition coefficient (Wildman–Crippen LogP) is -0.403. The van der Waals surface area contributed by atoms with Gasteiger partial charge in [0, 0.05) is 6.20 Å². The molecule has 2 heterocycles. The Balaban J connectivity index is 2.31. The second-order valence-electron chi connectivity index (χ2n) is 6.16. The van der Waals surface area contributed by atoms with Gasteiger partial charge in [0.1, 0.15) is 6.61 Å². The molecule has 6 atom stereocenters. The molecule has 1 aliphatic heterocycles. The van der Waals surface area contributed by atoms with Gasteiger partial charge >= 0.3 is 23.5 Å². The highest BCUT2D eigenvalue weighted by Gasteiger charge is 2.65. The minimum absolute atomic E-state index is 0.469. The fourth-order valence-corrected chi connectivity index (χ4v) is 5.71. The van der Waals surface area contributed by atoms with Gasteiger partial charge in [0.05, 0.1) is 0 Å². The summed E-state index contributed by atoms with van der Waals surface area (Å²) in [6.07, 6.45) is 0.636. The standard InChI is InChI=1S/C11H14F2N3O13P3S/c1-2-10(18)7(17)11(13,27-8(10)16-3-5(12)6(14)15-9(16)33)4-26-31(22,23)29-32(24,25)28-30(19,20)21/h1,3,7-8,17-18H,4H2,(H,22,23)(H,24,25)(H2,14,15,33)(H2,19,20,21)/t7?,8-,10-,11-/m1/s1. The minimum atomic E-state index is -5.93. The van der Waals surface area contributed by atoms with E-state index in [2.05, 4.69) is 18.1 Å². The lowest BCUT2D eigenvalue weighted by Gasteiger charge is -2.27. The molecule has 0 radical (unpaired) electrons. The van der Waals surface area contributed by atoms with Crippen LogP contribution in [0.15, 0.2) is 6.20 Å². The second-order valence-corrected chi connectivity index (χ2v) is 10.9. The first-order valence-corrected chi connectivity index (χ1v) is 12.8. The Morgan fingerprint density at radius 2 is 1.88 bits per heavy atom. The largest absolute Gasteiger partial charge is 0.490 e. The SMILES string of the molecule is C#C[C@@]1(O)C(O)[C@@](F)(COP(=O)(O)OP(=O)(O)OP(=O)(O)O)O[C@H]1n1cc(F)c(N)nc1=S. The van der Waals surface area contributed by atoms with Gasteiger partial charge in [-0.3, -0.25) is 9.09 Å². The molecule has 0 aromatic carbocycles. The van der Waals surface area contributed by atoms with Crippen LogP contribution < -0.4 is 5.73 Å². The molecule has 0 amide bonds. The Labute approximate surface area is 187 Å². The number of hydrogen-bond acceptors (Lipinski definition) is 12. The van der Waals surface area contributed by atoms with Crippen LogP contribution in [0.3, 0.4) is 0 Å². The molecule has 1 aliphatic rings. The number of aromatic nitrogens is 2. The van der Waals surface area contributed by atoms with Gasteiger partial charge < -0.3 is 40.3 Å². The van der Waals surface area contributed by atoms with Crippen LogP contribution in [0, 0.1) is 22.9 Å². The summed E-state index contributed by atoms with van der Waals surface area (Å²) >= 11 is 4.80. The maximum atomic E-state index is 15.3. The Kier molecular flexibility index (Phi) is 7.75. The second kappa shape index (κ2) is 9.11. The van der Waals surface area contributed by atoms with Crippen LogP contribution in [0.25, 0.3) is 0 Å². The van der Waals surface area contributed by atoms with Gasteiger partial charge in [0.15, 0.2) is 24.0 Å². The van der Waals surface area contributed by atoms with Crippen LogP contribution in [0.5, 0.6) is 0 Å². The van der Waals surface area contributed by atoms with Gasteiger partial charge in [0.2, 0.25) is 10.4 Å². The minimum Gasteiger partial charge on any atom is -0.383 e. The maximum Gasteiger partial charge on any atom is 0.490 e. The number of ether oxygens (including phenoxy) is 1. The zero-order valence-electron chi connectivity index (χ0n) is 15.5. The molecule has 186 valence electrons. The van der Waals surface area contributed by atoms with Gasteiger partial charge in [0.25, 0.3) is 5.85 Å². The summed E-state index contributed by atoms with van der Waals surface area (Å²) in [6.45, 7) is -1.85. The summed E-state index contributed by atoms with van der Waals surface area (Å²) < 4.78 is 78.3. The lowest BCUT2D eigenvalue weighted by Crippen LogP contribution is -2.50. The number of nitrogen functional groups attached to an aromatic ring is 1. The van der Waals surface area contributed by atoms with E-state index in [1.165, 1.54) is 0 Å². The fraction of sp³-hybridized carbons (Fsp3) is 0.455. The van der Waals surface area contributed by atoms with Gasteiger partial charge in [-0.05, 0) is 12.2 Å². The number of alkyl halides is 1. The van der Waals surface area contributed by atoms with E-state index in [0.717, 1.165) is 0 Å². The van der Waals surface area contributed by atoms with Crippen molar-refractivity contribution in [1.82, 2.24) is 9.55 Å². The van der Waals surface area contributed by atoms with E-state index in [4.69, 9.17) is 43.8 Å². The molecule has 1 aromatic rings. The maximum absolute atomic E-state index is 15.3. The van der Waals surface area contributed by atoms with Crippen molar-refractivity contribution in [2.75, 3.05) is 12.3 Å². The molecule has 0 spiro atoms. The van der Waals surface area contributed by atoms with Crippen molar-refractivity contribution in [3.8, 4) is 12.3 Å². The Hall–Kier alpha value is -1.19. The highest BCUT2D eigenvalue weighted by Crippen LogP contribution is 2.66. The Morgan fingerprint density at radius 3 is 2.39 bits per heavy atom. The molecule has 8 N–H and O–H groups in total. The molecular weight excluding hydrogens is 545 g/mol. The lowest BCUT2D eigenvalue weighted by atomic mass is 9.94. The normalized spacial score (nSPS) is 31.5. The van der Waals surface area contributed by atoms with Crippen molar-refractivity contribution in [3.63, 3.8) is 0 Å². The van der Waals surface area contributed by atoms with Crippen molar-refractivity contribution in [2.45, 2.75) is 23.8 Å². The topological polar surface area (TPSA) is 253 Å². The van der Waals surface area contributed by atoms with E-state index < -0.39 is 70.3 Å². The van der Waals surface area contributed by atoms with E-state index >= 15 is 4.39 Å². The lowest BCUT2D eigenvalue weighted by molar-refractivity contribution is -0.204. The van der Waals surface area contributed by atoms with E-state index in [0.29, 0.717) is 10.8 Å². The summed E-state index contributed by atoms with van der Waals surface area (Å²) in [5.74, 6) is -3.98. The quantitative estimate of drug-likeness (QED) is 0.121. The smallest absolute Gasteiger partial charge is 0.383 e. The zero-order chi connectivity index (χ0) is 25.6. The Bertz CT molecular complexity index is 1190. The molecule has 2 rings (SSSR count). The first kappa shape index (κ1) is 28.1. The molecule has 16 nitrogen and oxygen atoms in total. The summed E-state index contributed by atoms with van der Waals surface area (Å²) in [7, 11) is -17.5. The number of aliphatic hydroxyl groups is 2. The number of nitrogens with zero attached hydrogens (tertiary/aromatic N) is 2. The molecule has 33 heavy (non-hydrogen) atoms. The third-order valence-corrected chi connectivity index (χ3v) is 7.85. The van der Waals surface area contributed by atoms with E-state index in [9.17, 15) is 33.2 Å². The van der Waals surface area contributed by atoms with Crippen molar-refractivity contribution in [1.29, 1.82) is 0 Å². The van der Waals surface area contributed by atoms with Crippen LogP contribution in [-0.4, -0.2) is 63.5 Å². The van der Waals surface area contributed by atoms with Crippen molar-refractivity contribution in [2.24, 2.45) is 0 Å². The zero-order valence-corrected chi connectivity index (χ0v) is 19.0. The van der Waals surface area contributed by atoms with Gasteiger partial charge in [-0.15, -0.1) is 6.42 Å². The molecule has 0 bridgehead atoms. The third kappa shape index (κ3) is 6.28. The van der Waals surface area contributed by atoms with Gasteiger partial charge in [-0.25, -0.2) is 22.5 Å². The summed E-state index contributed by atoms with van der Waals surface area (Å²) in [5.41, 5.74) is 2.21. The number of halogens is 2. The number of terminal acetylenes is 1. The fourth-order valence-electron chi connectivity index (χ4n) is 2.43. The van der Waals surface area contributed by atoms with Crippen molar-refractivity contribution in [3.05, 3.63) is 16.8 Å². The van der Waals surface area contributed by atoms with Crippen LogP contribution in [0.1, 0.15) is 6.23 Å². The Morgan fingerprint density at radius 1 is 1.30 bits per heavy atom. The van der Waals surface area contributed by atoms with Gasteiger partial charge in [-0.2, -0.15) is 13.6 Å². The average Bonchev–Trinajstić information content (AvgIpc) is 2.82. The highest BCUT2D eigenvalue weighted by molar-refractivity contribution is 7.71. The van der Waals surface area contributed by atoms with Crippen LogP contribution in [-0.2, 0) is 31.6 Å². The predicted molar refractivity (Wildman–Crippen MR) is 101 cm³/mol. The van der Waals surface area contributed by atoms with Crippen molar-refractivity contribution >= 4 is 41.5 Å². The average molecular weight is 559 g/mol. The van der Waals surface area contributed by atoms with Crippen LogP contribution >= 0.6 is 35.7 Å². The summed E-state index contributed by atoms with van der Waals surface area (Å²) in [5, 5.41) is 20.7. The number of hydrogen-bond donors (Lipinski definition) is 7. The number of phosphoric acid groups is 3. The van der Waals surface area contributed by atoms with E-state index in [-0.39, 0.29) is 0 Å². The molecule has 1 fully saturated rings. The van der Waals surface area contributed by atoms with Crippen LogP contribution in [0.2, 0.25) is 0 Å². The van der Waals surface area contributed by atoms with Crippen LogP contribution in [0.4, 0.5) is 14.6 Å². The summed E-state index contributed by atoms with van der Waals surface area (Å²) in [6, 6.07) is 0. The number of nitrogens with two attached hydrogens (primary N) is 1. The molecule has 3 unspecified atom stereocenters. The molecule has 0 saturated carbocycles. The number of aliphatic hydroxyl groups excluding tert-OH is 1. The number of anilines is 1. The highest BCUT2D eigenvalue weighted by atomic mass is 32.1. The first-order valence-electron chi connectivity index (χ1n) is 7.83. The molecular formula is C11H14F2N3O13P3S. The van der Waals surface area contributed by atoms with E-state index in [1.54, 1.807) is 5.92 Å². The number of rotatable bonds is 8. The number of phosphoric ester groups is 1. The van der Waals surface area contributed by atoms with Crippen molar-refractivity contribution < 1.29 is 70.1 Å². The summed E-state index contributed by atoms with van der Waals surface area (Å²) in [4.78, 5) is 38.8. The molecule has 1 saturated heterocycles. The first-order chi connectivity index (χ1) is 14.8. The molecule has 22 heteroatoms. The van der Waals surface area contributed by atoms with Gasteiger partial charge in [-0.1, -0.05) is 5.92 Å². The van der Waals surface area contributed by atoms with E-state index in [1.807, 2.05) is 0 Å². The monoisotopic (exact) mass is 559 g/mol. The molecule has 0 aliphatic carbocycles.